The highest BCUT2D eigenvalue weighted by atomic mass is 35.5. The van der Waals surface area contributed by atoms with Crippen LogP contribution in [0.1, 0.15) is 23.6 Å². The molecule has 2 aromatic heterocycles. The number of alkyl halides is 1. The maximum Gasteiger partial charge on any atom is 0.227 e. The van der Waals surface area contributed by atoms with Gasteiger partial charge in [-0.15, -0.1) is 0 Å². The zero-order chi connectivity index (χ0) is 22.4. The second kappa shape index (κ2) is 8.55. The summed E-state index contributed by atoms with van der Waals surface area (Å²) in [7, 11) is 1.87. The summed E-state index contributed by atoms with van der Waals surface area (Å²) in [6.07, 6.45) is 2.39. The average molecular weight is 461 g/mol. The Labute approximate surface area is 190 Å². The Hall–Kier alpha value is -2.33. The normalized spacial score (nSPS) is 26.7. The van der Waals surface area contributed by atoms with Gasteiger partial charge in [0, 0.05) is 36.1 Å². The molecule has 4 heterocycles. The Morgan fingerprint density at radius 2 is 2.12 bits per heavy atom. The first kappa shape index (κ1) is 21.5. The molecule has 170 valence electrons. The van der Waals surface area contributed by atoms with Crippen molar-refractivity contribution < 1.29 is 14.2 Å². The molecule has 3 aromatic rings. The van der Waals surface area contributed by atoms with E-state index in [1.54, 1.807) is 23.1 Å². The molecule has 0 bridgehead atoms. The number of aryl methyl sites for hydroxylation is 1. The van der Waals surface area contributed by atoms with E-state index in [1.165, 1.54) is 0 Å². The van der Waals surface area contributed by atoms with Crippen LogP contribution < -0.4 is 5.32 Å². The number of nitrogens with zero attached hydrogens (tertiary/aromatic N) is 5. The van der Waals surface area contributed by atoms with Crippen LogP contribution in [0, 0.1) is 6.92 Å². The van der Waals surface area contributed by atoms with E-state index in [4.69, 9.17) is 16.3 Å². The Morgan fingerprint density at radius 1 is 1.28 bits per heavy atom. The maximum absolute atomic E-state index is 15.3. The van der Waals surface area contributed by atoms with Gasteiger partial charge in [0.25, 0.3) is 0 Å². The van der Waals surface area contributed by atoms with Gasteiger partial charge in [0.05, 0.1) is 48.5 Å². The van der Waals surface area contributed by atoms with Crippen molar-refractivity contribution in [3.8, 4) is 0 Å². The van der Waals surface area contributed by atoms with E-state index in [-0.39, 0.29) is 18.5 Å². The van der Waals surface area contributed by atoms with Crippen molar-refractivity contribution in [2.24, 2.45) is 7.05 Å². The lowest BCUT2D eigenvalue weighted by molar-refractivity contribution is 0.0353. The van der Waals surface area contributed by atoms with Gasteiger partial charge in [-0.3, -0.25) is 9.58 Å². The molecule has 4 atom stereocenters. The van der Waals surface area contributed by atoms with Crippen molar-refractivity contribution in [2.45, 2.75) is 37.6 Å². The summed E-state index contributed by atoms with van der Waals surface area (Å²) in [4.78, 5) is 11.0. The molecule has 2 aliphatic heterocycles. The molecule has 0 aliphatic carbocycles. The summed E-state index contributed by atoms with van der Waals surface area (Å²) < 4.78 is 22.4. The number of aliphatic hydroxyl groups is 1. The number of halogens is 2. The first-order valence-corrected chi connectivity index (χ1v) is 11.1. The summed E-state index contributed by atoms with van der Waals surface area (Å²) >= 11 is 6.56. The smallest absolute Gasteiger partial charge is 0.227 e. The van der Waals surface area contributed by atoms with Crippen molar-refractivity contribution >= 4 is 34.1 Å². The number of anilines is 2. The first-order valence-electron chi connectivity index (χ1n) is 10.8. The van der Waals surface area contributed by atoms with E-state index >= 15 is 4.39 Å². The van der Waals surface area contributed by atoms with Gasteiger partial charge in [-0.05, 0) is 37.6 Å². The van der Waals surface area contributed by atoms with Gasteiger partial charge in [0.1, 0.15) is 6.17 Å². The van der Waals surface area contributed by atoms with Gasteiger partial charge in [-0.1, -0.05) is 11.6 Å². The zero-order valence-electron chi connectivity index (χ0n) is 18.0. The van der Waals surface area contributed by atoms with Crippen molar-refractivity contribution in [3.63, 3.8) is 0 Å². The van der Waals surface area contributed by atoms with E-state index in [0.29, 0.717) is 42.7 Å². The number of hydrogen-bond donors (Lipinski definition) is 2. The lowest BCUT2D eigenvalue weighted by atomic mass is 9.86. The quantitative estimate of drug-likeness (QED) is 0.618. The molecule has 2 saturated heterocycles. The molecule has 2 aliphatic rings. The average Bonchev–Trinajstić information content (AvgIpc) is 3.34. The number of aliphatic hydroxyl groups excluding tert-OH is 1. The van der Waals surface area contributed by atoms with Crippen LogP contribution in [0.5, 0.6) is 0 Å². The fraction of sp³-hybridized carbons (Fsp3) is 0.500. The van der Waals surface area contributed by atoms with Gasteiger partial charge < -0.3 is 15.2 Å². The minimum atomic E-state index is -1.09. The van der Waals surface area contributed by atoms with Crippen molar-refractivity contribution in [1.82, 2.24) is 24.6 Å². The number of likely N-dealkylation sites (tertiary alicyclic amines) is 1. The lowest BCUT2D eigenvalue weighted by Gasteiger charge is -2.39. The van der Waals surface area contributed by atoms with Crippen LogP contribution in [0.15, 0.2) is 24.5 Å². The van der Waals surface area contributed by atoms with Gasteiger partial charge in [0.2, 0.25) is 5.95 Å². The minimum absolute atomic E-state index is 0.140. The standard InChI is InChI=1S/C22H26ClFN6O2/c1-12-19(8-26-29(12)2)28-22-25-7-13-5-16(23)15(6-18(13)27-22)14-3-4-30(9-17(14)24)20-10-32-11-21(20)31/h5-8,14,17,20-21,31H,3-4,9-11H2,1-2H3,(H,25,27,28)/t14?,17?,20?,21-/m1/s1. The van der Waals surface area contributed by atoms with Crippen LogP contribution in [0.3, 0.4) is 0 Å². The summed E-state index contributed by atoms with van der Waals surface area (Å²) in [6.45, 7) is 3.65. The predicted octanol–water partition coefficient (Wildman–Crippen LogP) is 2.96. The zero-order valence-corrected chi connectivity index (χ0v) is 18.8. The fourth-order valence-corrected chi connectivity index (χ4v) is 4.93. The molecule has 0 spiro atoms. The van der Waals surface area contributed by atoms with Crippen LogP contribution in [0.4, 0.5) is 16.0 Å². The third-order valence-electron chi connectivity index (χ3n) is 6.64. The second-order valence-electron chi connectivity index (χ2n) is 8.60. The van der Waals surface area contributed by atoms with Crippen LogP contribution in [0.25, 0.3) is 10.9 Å². The third kappa shape index (κ3) is 3.94. The van der Waals surface area contributed by atoms with Crippen LogP contribution in [-0.4, -0.2) is 74.4 Å². The molecular formula is C22H26ClFN6O2. The monoisotopic (exact) mass is 460 g/mol. The molecule has 3 unspecified atom stereocenters. The van der Waals surface area contributed by atoms with Crippen LogP contribution in [-0.2, 0) is 11.8 Å². The Morgan fingerprint density at radius 3 is 2.81 bits per heavy atom. The maximum atomic E-state index is 15.3. The highest BCUT2D eigenvalue weighted by Crippen LogP contribution is 2.37. The molecule has 0 amide bonds. The number of nitrogens with one attached hydrogen (secondary N) is 1. The van der Waals surface area contributed by atoms with Crippen molar-refractivity contribution in [1.29, 1.82) is 0 Å². The number of rotatable bonds is 4. The van der Waals surface area contributed by atoms with E-state index in [1.807, 2.05) is 24.9 Å². The second-order valence-corrected chi connectivity index (χ2v) is 9.00. The molecular weight excluding hydrogens is 435 g/mol. The largest absolute Gasteiger partial charge is 0.389 e. The highest BCUT2D eigenvalue weighted by Gasteiger charge is 2.39. The number of hydrogen-bond acceptors (Lipinski definition) is 7. The third-order valence-corrected chi connectivity index (χ3v) is 6.97. The first-order chi connectivity index (χ1) is 15.4. The predicted molar refractivity (Wildman–Crippen MR) is 120 cm³/mol. The number of piperidine rings is 1. The molecule has 1 aromatic carbocycles. The van der Waals surface area contributed by atoms with Gasteiger partial charge >= 0.3 is 0 Å². The number of fused-ring (bicyclic) bond motifs is 1. The Kier molecular flexibility index (Phi) is 5.75. The Balaban J connectivity index is 1.39. The van der Waals surface area contributed by atoms with Crippen molar-refractivity contribution in [3.05, 3.63) is 40.8 Å². The topological polar surface area (TPSA) is 88.3 Å². The number of aromatic nitrogens is 4. The molecule has 8 nitrogen and oxygen atoms in total. The van der Waals surface area contributed by atoms with Crippen LogP contribution >= 0.6 is 11.6 Å². The molecule has 2 N–H and O–H groups in total. The molecule has 2 fully saturated rings. The highest BCUT2D eigenvalue weighted by molar-refractivity contribution is 6.32. The summed E-state index contributed by atoms with van der Waals surface area (Å²) in [6, 6.07) is 3.54. The van der Waals surface area contributed by atoms with E-state index in [0.717, 1.165) is 22.3 Å². The molecule has 0 radical (unpaired) electrons. The summed E-state index contributed by atoms with van der Waals surface area (Å²) in [5.41, 5.74) is 3.26. The summed E-state index contributed by atoms with van der Waals surface area (Å²) in [5.74, 6) is 0.123. The van der Waals surface area contributed by atoms with E-state index in [2.05, 4.69) is 20.4 Å². The van der Waals surface area contributed by atoms with Crippen LogP contribution in [0.2, 0.25) is 5.02 Å². The van der Waals surface area contributed by atoms with Gasteiger partial charge in [-0.25, -0.2) is 14.4 Å². The Bertz CT molecular complexity index is 1140. The SMILES string of the molecule is Cc1c(Nc2ncc3cc(Cl)c(C4CCN(C5COC[C@H]5O)CC4F)cc3n2)cnn1C. The molecule has 0 saturated carbocycles. The van der Waals surface area contributed by atoms with E-state index in [9.17, 15) is 5.11 Å². The van der Waals surface area contributed by atoms with Crippen molar-refractivity contribution in [2.75, 3.05) is 31.6 Å². The van der Waals surface area contributed by atoms with Gasteiger partial charge in [-0.2, -0.15) is 5.10 Å². The van der Waals surface area contributed by atoms with E-state index < -0.39 is 12.3 Å². The number of ether oxygens (including phenoxy) is 1. The molecule has 32 heavy (non-hydrogen) atoms. The summed E-state index contributed by atoms with van der Waals surface area (Å²) in [5, 5.41) is 18.8. The molecule has 10 heteroatoms. The lowest BCUT2D eigenvalue weighted by Crippen LogP contribution is -2.50. The minimum Gasteiger partial charge on any atom is -0.389 e. The fourth-order valence-electron chi connectivity index (χ4n) is 4.61. The molecule has 5 rings (SSSR count). The van der Waals surface area contributed by atoms with Gasteiger partial charge in [0.15, 0.2) is 0 Å². The number of benzene rings is 1.